The fraction of sp³-hybridized carbons (Fsp3) is 0.176. The minimum atomic E-state index is 0.562. The number of methoxy groups -OCH3 is 1. The minimum absolute atomic E-state index is 0.562. The Labute approximate surface area is 114 Å². The van der Waals surface area contributed by atoms with Crippen molar-refractivity contribution >= 4 is 12.2 Å². The molecule has 0 bridgehead atoms. The van der Waals surface area contributed by atoms with E-state index in [0.29, 0.717) is 13.2 Å². The van der Waals surface area contributed by atoms with E-state index in [1.807, 2.05) is 42.5 Å². The second-order valence-corrected chi connectivity index (χ2v) is 4.12. The van der Waals surface area contributed by atoms with Crippen molar-refractivity contribution in [2.45, 2.75) is 0 Å². The zero-order valence-corrected chi connectivity index (χ0v) is 11.1. The lowest BCUT2D eigenvalue weighted by Crippen LogP contribution is -2.04. The summed E-state index contributed by atoms with van der Waals surface area (Å²) in [6.45, 7) is 1.16. The second kappa shape index (κ2) is 7.39. The summed E-state index contributed by atoms with van der Waals surface area (Å²) < 4.78 is 10.7. The van der Waals surface area contributed by atoms with Crippen LogP contribution in [0.3, 0.4) is 0 Å². The summed E-state index contributed by atoms with van der Waals surface area (Å²) in [5, 5.41) is 0. The van der Waals surface area contributed by atoms with E-state index in [2.05, 4.69) is 24.3 Å². The van der Waals surface area contributed by atoms with Crippen LogP contribution in [0.25, 0.3) is 12.2 Å². The number of ether oxygens (including phenoxy) is 2. The first-order chi connectivity index (χ1) is 9.40. The van der Waals surface area contributed by atoms with Crippen LogP contribution in [0.1, 0.15) is 11.1 Å². The van der Waals surface area contributed by atoms with Crippen LogP contribution in [0.4, 0.5) is 0 Å². The van der Waals surface area contributed by atoms with Gasteiger partial charge in [-0.15, -0.1) is 0 Å². The standard InChI is InChI=1S/C17H18O2/c1-18-13-14-19-17-10-6-5-9-16(17)12-11-15-7-3-2-4-8-15/h2-12H,13-14H2,1H3. The second-order valence-electron chi connectivity index (χ2n) is 4.12. The fourth-order valence-electron chi connectivity index (χ4n) is 1.73. The summed E-state index contributed by atoms with van der Waals surface area (Å²) in [5.41, 5.74) is 2.25. The van der Waals surface area contributed by atoms with Crippen LogP contribution in [0.2, 0.25) is 0 Å². The van der Waals surface area contributed by atoms with Gasteiger partial charge in [0.25, 0.3) is 0 Å². The average molecular weight is 254 g/mol. The maximum absolute atomic E-state index is 5.69. The Bertz CT molecular complexity index is 518. The molecule has 19 heavy (non-hydrogen) atoms. The van der Waals surface area contributed by atoms with E-state index in [0.717, 1.165) is 11.3 Å². The SMILES string of the molecule is COCCOc1ccccc1C=Cc1ccccc1. The van der Waals surface area contributed by atoms with Crippen LogP contribution in [0, 0.1) is 0 Å². The van der Waals surface area contributed by atoms with Crippen molar-refractivity contribution < 1.29 is 9.47 Å². The summed E-state index contributed by atoms with van der Waals surface area (Å²) in [6, 6.07) is 18.2. The molecule has 0 aliphatic rings. The van der Waals surface area contributed by atoms with Gasteiger partial charge in [-0.3, -0.25) is 0 Å². The van der Waals surface area contributed by atoms with Crippen molar-refractivity contribution in [3.8, 4) is 5.75 Å². The van der Waals surface area contributed by atoms with Gasteiger partial charge in [0.05, 0.1) is 6.61 Å². The Hall–Kier alpha value is -2.06. The number of benzene rings is 2. The third-order valence-electron chi connectivity index (χ3n) is 2.72. The first kappa shape index (κ1) is 13.4. The molecule has 0 saturated heterocycles. The molecule has 0 radical (unpaired) electrons. The zero-order valence-electron chi connectivity index (χ0n) is 11.1. The van der Waals surface area contributed by atoms with Gasteiger partial charge in [-0.05, 0) is 11.6 Å². The molecule has 0 N–H and O–H groups in total. The van der Waals surface area contributed by atoms with E-state index >= 15 is 0 Å². The van der Waals surface area contributed by atoms with E-state index in [4.69, 9.17) is 9.47 Å². The Balaban J connectivity index is 2.09. The van der Waals surface area contributed by atoms with E-state index in [1.165, 1.54) is 5.56 Å². The summed E-state index contributed by atoms with van der Waals surface area (Å²) in [5.74, 6) is 0.881. The highest BCUT2D eigenvalue weighted by Crippen LogP contribution is 2.20. The van der Waals surface area contributed by atoms with Crippen LogP contribution in [-0.4, -0.2) is 20.3 Å². The number of rotatable bonds is 6. The molecule has 2 heteroatoms. The lowest BCUT2D eigenvalue weighted by atomic mass is 10.1. The van der Waals surface area contributed by atoms with Gasteiger partial charge in [0.1, 0.15) is 12.4 Å². The molecule has 2 rings (SSSR count). The van der Waals surface area contributed by atoms with Gasteiger partial charge in [-0.1, -0.05) is 60.7 Å². The monoisotopic (exact) mass is 254 g/mol. The molecule has 0 aromatic heterocycles. The highest BCUT2D eigenvalue weighted by molar-refractivity contribution is 5.72. The predicted molar refractivity (Wildman–Crippen MR) is 79.2 cm³/mol. The maximum atomic E-state index is 5.69. The quantitative estimate of drug-likeness (QED) is 0.575. The van der Waals surface area contributed by atoms with Gasteiger partial charge >= 0.3 is 0 Å². The molecule has 0 spiro atoms. The maximum Gasteiger partial charge on any atom is 0.126 e. The number of hydrogen-bond donors (Lipinski definition) is 0. The molecule has 2 aromatic carbocycles. The van der Waals surface area contributed by atoms with Crippen LogP contribution < -0.4 is 4.74 Å². The van der Waals surface area contributed by atoms with Gasteiger partial charge in [-0.25, -0.2) is 0 Å². The van der Waals surface area contributed by atoms with Gasteiger partial charge in [0.2, 0.25) is 0 Å². The molecule has 0 atom stereocenters. The molecule has 0 saturated carbocycles. The highest BCUT2D eigenvalue weighted by Gasteiger charge is 1.99. The van der Waals surface area contributed by atoms with Crippen molar-refractivity contribution in [3.05, 3.63) is 65.7 Å². The van der Waals surface area contributed by atoms with Gasteiger partial charge in [0, 0.05) is 12.7 Å². The van der Waals surface area contributed by atoms with Crippen molar-refractivity contribution in [2.75, 3.05) is 20.3 Å². The molecule has 2 aromatic rings. The minimum Gasteiger partial charge on any atom is -0.491 e. The summed E-state index contributed by atoms with van der Waals surface area (Å²) in [7, 11) is 1.67. The summed E-state index contributed by atoms with van der Waals surface area (Å²) in [6.07, 6.45) is 4.15. The van der Waals surface area contributed by atoms with Crippen molar-refractivity contribution in [1.82, 2.24) is 0 Å². The van der Waals surface area contributed by atoms with Crippen molar-refractivity contribution in [2.24, 2.45) is 0 Å². The Morgan fingerprint density at radius 3 is 2.37 bits per heavy atom. The fourth-order valence-corrected chi connectivity index (χ4v) is 1.73. The van der Waals surface area contributed by atoms with Gasteiger partial charge in [-0.2, -0.15) is 0 Å². The average Bonchev–Trinajstić information content (AvgIpc) is 2.48. The van der Waals surface area contributed by atoms with E-state index in [-0.39, 0.29) is 0 Å². The molecule has 0 heterocycles. The largest absolute Gasteiger partial charge is 0.491 e. The van der Waals surface area contributed by atoms with E-state index in [9.17, 15) is 0 Å². The van der Waals surface area contributed by atoms with Crippen LogP contribution in [0.5, 0.6) is 5.75 Å². The smallest absolute Gasteiger partial charge is 0.126 e. The Kier molecular flexibility index (Phi) is 5.20. The number of hydrogen-bond acceptors (Lipinski definition) is 2. The zero-order chi connectivity index (χ0) is 13.3. The Morgan fingerprint density at radius 1 is 0.842 bits per heavy atom. The third-order valence-corrected chi connectivity index (χ3v) is 2.72. The molecule has 0 unspecified atom stereocenters. The van der Waals surface area contributed by atoms with Crippen molar-refractivity contribution in [3.63, 3.8) is 0 Å². The predicted octanol–water partition coefficient (Wildman–Crippen LogP) is 3.88. The first-order valence-corrected chi connectivity index (χ1v) is 6.34. The van der Waals surface area contributed by atoms with Crippen LogP contribution in [-0.2, 0) is 4.74 Å². The highest BCUT2D eigenvalue weighted by atomic mass is 16.5. The van der Waals surface area contributed by atoms with Crippen LogP contribution in [0.15, 0.2) is 54.6 Å². The molecule has 0 aliphatic heterocycles. The van der Waals surface area contributed by atoms with E-state index in [1.54, 1.807) is 7.11 Å². The molecule has 0 aliphatic carbocycles. The normalized spacial score (nSPS) is 10.8. The lowest BCUT2D eigenvalue weighted by molar-refractivity contribution is 0.146. The molecule has 0 fully saturated rings. The molecule has 98 valence electrons. The molecule has 2 nitrogen and oxygen atoms in total. The lowest BCUT2D eigenvalue weighted by Gasteiger charge is -2.08. The molecular formula is C17H18O2. The van der Waals surface area contributed by atoms with Crippen molar-refractivity contribution in [1.29, 1.82) is 0 Å². The number of para-hydroxylation sites is 1. The summed E-state index contributed by atoms with van der Waals surface area (Å²) in [4.78, 5) is 0. The van der Waals surface area contributed by atoms with Gasteiger partial charge in [0.15, 0.2) is 0 Å². The summed E-state index contributed by atoms with van der Waals surface area (Å²) >= 11 is 0. The van der Waals surface area contributed by atoms with Crippen LogP contribution >= 0.6 is 0 Å². The molecule has 0 amide bonds. The van der Waals surface area contributed by atoms with E-state index < -0.39 is 0 Å². The third kappa shape index (κ3) is 4.27. The first-order valence-electron chi connectivity index (χ1n) is 6.34. The van der Waals surface area contributed by atoms with Gasteiger partial charge < -0.3 is 9.47 Å². The topological polar surface area (TPSA) is 18.5 Å². The Morgan fingerprint density at radius 2 is 1.58 bits per heavy atom. The molecular weight excluding hydrogens is 236 g/mol.